The zero-order chi connectivity index (χ0) is 29.9. The number of amides is 1. The van der Waals surface area contributed by atoms with Gasteiger partial charge in [0.05, 0.1) is 12.0 Å². The van der Waals surface area contributed by atoms with E-state index in [0.717, 1.165) is 31.9 Å². The van der Waals surface area contributed by atoms with Crippen molar-refractivity contribution < 1.29 is 27.2 Å². The third-order valence-corrected chi connectivity index (χ3v) is 7.96. The molecule has 0 unspecified atom stereocenters. The molecule has 1 saturated heterocycles. The number of rotatable bonds is 8. The highest BCUT2D eigenvalue weighted by atomic mass is 19.4. The topological polar surface area (TPSA) is 82.5 Å². The standard InChI is InChI=1S/C30H32F4N6O2/c1-38(22-7-3-4-8-22)29-36-19-23(28(37-29)30(32,33)34)25(41)16-20-10-11-26(35-18-20)39-12-14-40(15-13-39)27(42)17-21-6-2-5-9-24(21)31/h2,5-6,9-11,18-19,22H,3-4,7-8,12-17H2,1H3. The van der Waals surface area contributed by atoms with Crippen LogP contribution in [0.4, 0.5) is 29.3 Å². The fourth-order valence-corrected chi connectivity index (χ4v) is 5.51. The molecule has 0 atom stereocenters. The van der Waals surface area contributed by atoms with Crippen molar-refractivity contribution in [3.63, 3.8) is 0 Å². The van der Waals surface area contributed by atoms with Gasteiger partial charge in [0.2, 0.25) is 11.9 Å². The number of pyridine rings is 1. The van der Waals surface area contributed by atoms with Crippen molar-refractivity contribution >= 4 is 23.5 Å². The SMILES string of the molecule is CN(c1ncc(C(=O)Cc2ccc(N3CCN(C(=O)Cc4ccccc4F)CC3)nc2)c(C(F)(F)F)n1)C1CCCC1. The Morgan fingerprint density at radius 1 is 0.952 bits per heavy atom. The number of carbonyl (C=O) groups is 2. The lowest BCUT2D eigenvalue weighted by Gasteiger charge is -2.35. The van der Waals surface area contributed by atoms with E-state index in [9.17, 15) is 27.2 Å². The van der Waals surface area contributed by atoms with Crippen molar-refractivity contribution in [3.05, 3.63) is 77.0 Å². The molecule has 3 aromatic rings. The van der Waals surface area contributed by atoms with Crippen LogP contribution >= 0.6 is 0 Å². The molecule has 1 amide bonds. The average molecular weight is 585 g/mol. The monoisotopic (exact) mass is 584 g/mol. The molecule has 0 N–H and O–H groups in total. The van der Waals surface area contributed by atoms with Crippen molar-refractivity contribution in [2.75, 3.05) is 43.0 Å². The van der Waals surface area contributed by atoms with E-state index >= 15 is 0 Å². The number of halogens is 4. The van der Waals surface area contributed by atoms with Gasteiger partial charge in [0.1, 0.15) is 11.6 Å². The molecule has 222 valence electrons. The van der Waals surface area contributed by atoms with E-state index in [0.29, 0.717) is 43.1 Å². The number of anilines is 2. The Kier molecular flexibility index (Phi) is 8.69. The van der Waals surface area contributed by atoms with Crippen LogP contribution in [0.3, 0.4) is 0 Å². The fourth-order valence-electron chi connectivity index (χ4n) is 5.51. The van der Waals surface area contributed by atoms with Gasteiger partial charge < -0.3 is 14.7 Å². The largest absolute Gasteiger partial charge is 0.434 e. The van der Waals surface area contributed by atoms with Crippen LogP contribution in [0, 0.1) is 5.82 Å². The minimum absolute atomic E-state index is 0.00527. The molecule has 2 fully saturated rings. The van der Waals surface area contributed by atoms with Crippen LogP contribution in [-0.2, 0) is 23.8 Å². The summed E-state index contributed by atoms with van der Waals surface area (Å²) >= 11 is 0. The van der Waals surface area contributed by atoms with Crippen LogP contribution in [0.15, 0.2) is 48.8 Å². The third-order valence-electron chi connectivity index (χ3n) is 7.96. The lowest BCUT2D eigenvalue weighted by atomic mass is 10.0. The molecule has 1 aromatic carbocycles. The first-order valence-electron chi connectivity index (χ1n) is 14.0. The summed E-state index contributed by atoms with van der Waals surface area (Å²) in [6.07, 6.45) is 1.12. The van der Waals surface area contributed by atoms with Gasteiger partial charge in [-0.1, -0.05) is 37.1 Å². The third kappa shape index (κ3) is 6.69. The molecule has 12 heteroatoms. The van der Waals surface area contributed by atoms with Crippen LogP contribution in [0.2, 0.25) is 0 Å². The number of ketones is 1. The Morgan fingerprint density at radius 2 is 1.67 bits per heavy atom. The fraction of sp³-hybridized carbons (Fsp3) is 0.433. The van der Waals surface area contributed by atoms with Gasteiger partial charge in [-0.15, -0.1) is 0 Å². The molecule has 1 aliphatic heterocycles. The second-order valence-electron chi connectivity index (χ2n) is 10.7. The van der Waals surface area contributed by atoms with Crippen molar-refractivity contribution in [1.82, 2.24) is 19.9 Å². The molecule has 0 radical (unpaired) electrons. The van der Waals surface area contributed by atoms with Gasteiger partial charge in [0.25, 0.3) is 0 Å². The number of alkyl halides is 3. The summed E-state index contributed by atoms with van der Waals surface area (Å²) < 4.78 is 55.6. The molecule has 8 nitrogen and oxygen atoms in total. The molecule has 1 saturated carbocycles. The Bertz CT molecular complexity index is 1420. The molecule has 42 heavy (non-hydrogen) atoms. The zero-order valence-corrected chi connectivity index (χ0v) is 23.3. The Morgan fingerprint density at radius 3 is 2.31 bits per heavy atom. The maximum absolute atomic E-state index is 13.9. The van der Waals surface area contributed by atoms with Crippen LogP contribution in [0.1, 0.15) is 52.9 Å². The smallest absolute Gasteiger partial charge is 0.353 e. The molecule has 2 aliphatic rings. The number of aromatic nitrogens is 3. The number of hydrogen-bond acceptors (Lipinski definition) is 7. The van der Waals surface area contributed by atoms with E-state index in [2.05, 4.69) is 15.0 Å². The quantitative estimate of drug-likeness (QED) is 0.280. The zero-order valence-electron chi connectivity index (χ0n) is 23.3. The summed E-state index contributed by atoms with van der Waals surface area (Å²) in [4.78, 5) is 43.2. The molecular formula is C30H32F4N6O2. The van der Waals surface area contributed by atoms with Gasteiger partial charge in [-0.25, -0.2) is 19.3 Å². The summed E-state index contributed by atoms with van der Waals surface area (Å²) in [7, 11) is 1.68. The number of hydrogen-bond donors (Lipinski definition) is 0. The van der Waals surface area contributed by atoms with Gasteiger partial charge in [0, 0.05) is 58.1 Å². The van der Waals surface area contributed by atoms with Crippen LogP contribution < -0.4 is 9.80 Å². The van der Waals surface area contributed by atoms with E-state index in [1.165, 1.54) is 12.3 Å². The lowest BCUT2D eigenvalue weighted by Crippen LogP contribution is -2.49. The van der Waals surface area contributed by atoms with E-state index in [1.807, 2.05) is 4.90 Å². The van der Waals surface area contributed by atoms with Gasteiger partial charge in [0.15, 0.2) is 11.5 Å². The first kappa shape index (κ1) is 29.4. The van der Waals surface area contributed by atoms with Crippen LogP contribution in [-0.4, -0.2) is 70.8 Å². The molecule has 1 aliphatic carbocycles. The predicted molar refractivity (Wildman–Crippen MR) is 149 cm³/mol. The van der Waals surface area contributed by atoms with Crippen LogP contribution in [0.25, 0.3) is 0 Å². The highest BCUT2D eigenvalue weighted by Crippen LogP contribution is 2.33. The first-order valence-corrected chi connectivity index (χ1v) is 14.0. The Labute approximate surface area is 241 Å². The minimum Gasteiger partial charge on any atom is -0.353 e. The van der Waals surface area contributed by atoms with Crippen molar-refractivity contribution in [3.8, 4) is 0 Å². The van der Waals surface area contributed by atoms with Crippen molar-refractivity contribution in [1.29, 1.82) is 0 Å². The summed E-state index contributed by atoms with van der Waals surface area (Å²) in [5.74, 6) is -0.703. The number of nitrogens with zero attached hydrogens (tertiary/aromatic N) is 6. The van der Waals surface area contributed by atoms with Gasteiger partial charge in [-0.2, -0.15) is 13.2 Å². The average Bonchev–Trinajstić information content (AvgIpc) is 3.53. The molecule has 0 bridgehead atoms. The maximum atomic E-state index is 13.9. The number of benzene rings is 1. The van der Waals surface area contributed by atoms with E-state index in [-0.39, 0.29) is 30.7 Å². The predicted octanol–water partition coefficient (Wildman–Crippen LogP) is 4.73. The first-order chi connectivity index (χ1) is 20.1. The summed E-state index contributed by atoms with van der Waals surface area (Å²) in [5, 5.41) is 0. The second-order valence-corrected chi connectivity index (χ2v) is 10.7. The number of Topliss-reactive ketones (excluding diaryl/α,β-unsaturated/α-hetero) is 1. The molecule has 5 rings (SSSR count). The molecule has 0 spiro atoms. The van der Waals surface area contributed by atoms with Gasteiger partial charge in [-0.05, 0) is 36.1 Å². The summed E-state index contributed by atoms with van der Waals surface area (Å²) in [6, 6.07) is 9.66. The van der Waals surface area contributed by atoms with Gasteiger partial charge >= 0.3 is 6.18 Å². The molecular weight excluding hydrogens is 552 g/mol. The van der Waals surface area contributed by atoms with Gasteiger partial charge in [-0.3, -0.25) is 9.59 Å². The maximum Gasteiger partial charge on any atom is 0.434 e. The van der Waals surface area contributed by atoms with E-state index in [1.54, 1.807) is 47.2 Å². The molecule has 3 heterocycles. The summed E-state index contributed by atoms with van der Waals surface area (Å²) in [6.45, 7) is 1.92. The minimum atomic E-state index is -4.81. The second kappa shape index (κ2) is 12.4. The normalized spacial score (nSPS) is 16.1. The highest BCUT2D eigenvalue weighted by molar-refractivity contribution is 5.98. The highest BCUT2D eigenvalue weighted by Gasteiger charge is 2.38. The lowest BCUT2D eigenvalue weighted by molar-refractivity contribution is -0.141. The number of piperazine rings is 1. The summed E-state index contributed by atoms with van der Waals surface area (Å²) in [5.41, 5.74) is -0.971. The van der Waals surface area contributed by atoms with Crippen molar-refractivity contribution in [2.24, 2.45) is 0 Å². The Hall–Kier alpha value is -4.09. The van der Waals surface area contributed by atoms with E-state index < -0.39 is 29.0 Å². The van der Waals surface area contributed by atoms with Crippen LogP contribution in [0.5, 0.6) is 0 Å². The molecule has 2 aromatic heterocycles. The number of carbonyl (C=O) groups excluding carboxylic acids is 2. The van der Waals surface area contributed by atoms with E-state index in [4.69, 9.17) is 0 Å². The Balaban J connectivity index is 1.20. The van der Waals surface area contributed by atoms with Crippen molar-refractivity contribution in [2.45, 2.75) is 50.7 Å².